The van der Waals surface area contributed by atoms with Crippen LogP contribution in [-0.2, 0) is 13.1 Å². The molecule has 3 rings (SSSR count). The lowest BCUT2D eigenvalue weighted by atomic mass is 10.1. The Morgan fingerprint density at radius 3 is 2.62 bits per heavy atom. The van der Waals surface area contributed by atoms with Crippen LogP contribution in [0, 0.1) is 6.92 Å². The average Bonchev–Trinajstić information content (AvgIpc) is 3.11. The van der Waals surface area contributed by atoms with E-state index in [0.717, 1.165) is 21.8 Å². The van der Waals surface area contributed by atoms with Crippen molar-refractivity contribution in [1.82, 2.24) is 15.6 Å². The zero-order chi connectivity index (χ0) is 18.4. The van der Waals surface area contributed by atoms with Gasteiger partial charge in [-0.1, -0.05) is 41.4 Å². The molecule has 1 aromatic heterocycles. The second-order valence-electron chi connectivity index (χ2n) is 5.92. The third-order valence-corrected chi connectivity index (χ3v) is 4.09. The molecule has 0 saturated heterocycles. The normalized spacial score (nSPS) is 11.4. The van der Waals surface area contributed by atoms with Gasteiger partial charge in [-0.05, 0) is 36.8 Å². The lowest BCUT2D eigenvalue weighted by molar-refractivity contribution is 0.572. The number of nitrogens with zero attached hydrogens (tertiary/aromatic N) is 2. The van der Waals surface area contributed by atoms with Crippen LogP contribution >= 0.6 is 11.6 Å². The summed E-state index contributed by atoms with van der Waals surface area (Å²) in [5.74, 6) is 1.30. The summed E-state index contributed by atoms with van der Waals surface area (Å²) in [5.41, 5.74) is 4.07. The van der Waals surface area contributed by atoms with Gasteiger partial charge in [-0.25, -0.2) is 4.98 Å². The monoisotopic (exact) mass is 368 g/mol. The van der Waals surface area contributed by atoms with Gasteiger partial charge in [0.05, 0.1) is 12.2 Å². The second-order valence-corrected chi connectivity index (χ2v) is 6.36. The van der Waals surface area contributed by atoms with Crippen molar-refractivity contribution in [2.45, 2.75) is 20.0 Å². The van der Waals surface area contributed by atoms with Gasteiger partial charge >= 0.3 is 0 Å². The lowest BCUT2D eigenvalue weighted by Crippen LogP contribution is -2.36. The number of hydrogen-bond acceptors (Lipinski definition) is 3. The highest BCUT2D eigenvalue weighted by atomic mass is 35.5. The molecule has 0 saturated carbocycles. The van der Waals surface area contributed by atoms with Gasteiger partial charge < -0.3 is 15.1 Å². The molecule has 0 atom stereocenters. The van der Waals surface area contributed by atoms with Crippen molar-refractivity contribution < 1.29 is 4.42 Å². The molecule has 2 aromatic carbocycles. The molecule has 1 heterocycles. The maximum Gasteiger partial charge on any atom is 0.226 e. The summed E-state index contributed by atoms with van der Waals surface area (Å²) in [6.45, 7) is 3.20. The predicted octanol–water partition coefficient (Wildman–Crippen LogP) is 4.17. The van der Waals surface area contributed by atoms with E-state index < -0.39 is 0 Å². The standard InChI is InChI=1S/C20H21ClN4O/c1-14-6-8-16(9-7-14)19-25-18(13-26-19)12-24-20(22-2)23-11-15-4-3-5-17(21)10-15/h3-10,13H,11-12H2,1-2H3,(H2,22,23,24). The molecule has 0 aliphatic carbocycles. The van der Waals surface area contributed by atoms with Gasteiger partial charge in [0.1, 0.15) is 6.26 Å². The molecule has 0 aliphatic rings. The number of benzene rings is 2. The van der Waals surface area contributed by atoms with Crippen molar-refractivity contribution in [3.8, 4) is 11.5 Å². The van der Waals surface area contributed by atoms with Crippen LogP contribution in [0.2, 0.25) is 5.02 Å². The van der Waals surface area contributed by atoms with Crippen molar-refractivity contribution in [3.05, 3.63) is 76.6 Å². The summed E-state index contributed by atoms with van der Waals surface area (Å²) < 4.78 is 5.57. The van der Waals surface area contributed by atoms with Crippen LogP contribution in [-0.4, -0.2) is 18.0 Å². The SMILES string of the molecule is CN=C(NCc1cccc(Cl)c1)NCc1coc(-c2ccc(C)cc2)n1. The number of aryl methyl sites for hydroxylation is 1. The maximum absolute atomic E-state index is 6.00. The van der Waals surface area contributed by atoms with E-state index in [0.29, 0.717) is 24.9 Å². The third-order valence-electron chi connectivity index (χ3n) is 3.86. The van der Waals surface area contributed by atoms with E-state index in [-0.39, 0.29) is 0 Å². The first-order valence-corrected chi connectivity index (χ1v) is 8.72. The fraction of sp³-hybridized carbons (Fsp3) is 0.200. The highest BCUT2D eigenvalue weighted by molar-refractivity contribution is 6.30. The topological polar surface area (TPSA) is 62.5 Å². The lowest BCUT2D eigenvalue weighted by Gasteiger charge is -2.11. The van der Waals surface area contributed by atoms with Crippen LogP contribution < -0.4 is 10.6 Å². The van der Waals surface area contributed by atoms with Crippen molar-refractivity contribution in [1.29, 1.82) is 0 Å². The third kappa shape index (κ3) is 4.86. The van der Waals surface area contributed by atoms with Crippen molar-refractivity contribution in [3.63, 3.8) is 0 Å². The van der Waals surface area contributed by atoms with E-state index in [9.17, 15) is 0 Å². The Bertz CT molecular complexity index is 887. The minimum Gasteiger partial charge on any atom is -0.444 e. The molecule has 5 nitrogen and oxygen atoms in total. The van der Waals surface area contributed by atoms with E-state index in [1.54, 1.807) is 13.3 Å². The Kier molecular flexibility index (Phi) is 5.92. The zero-order valence-electron chi connectivity index (χ0n) is 14.8. The Morgan fingerprint density at radius 1 is 1.12 bits per heavy atom. The summed E-state index contributed by atoms with van der Waals surface area (Å²) in [5, 5.41) is 7.20. The van der Waals surface area contributed by atoms with E-state index in [1.165, 1.54) is 5.56 Å². The molecule has 0 unspecified atom stereocenters. The van der Waals surface area contributed by atoms with Gasteiger partial charge in [-0.2, -0.15) is 0 Å². The van der Waals surface area contributed by atoms with Gasteiger partial charge in [0.25, 0.3) is 0 Å². The molecular formula is C20H21ClN4O. The van der Waals surface area contributed by atoms with Gasteiger partial charge in [-0.15, -0.1) is 0 Å². The largest absolute Gasteiger partial charge is 0.444 e. The average molecular weight is 369 g/mol. The van der Waals surface area contributed by atoms with Crippen LogP contribution in [0.25, 0.3) is 11.5 Å². The van der Waals surface area contributed by atoms with E-state index in [1.807, 2.05) is 48.5 Å². The summed E-state index contributed by atoms with van der Waals surface area (Å²) in [7, 11) is 1.73. The quantitative estimate of drug-likeness (QED) is 0.524. The second kappa shape index (κ2) is 8.54. The fourth-order valence-corrected chi connectivity index (χ4v) is 2.66. The molecule has 6 heteroatoms. The fourth-order valence-electron chi connectivity index (χ4n) is 2.44. The summed E-state index contributed by atoms with van der Waals surface area (Å²) >= 11 is 6.00. The van der Waals surface area contributed by atoms with Crippen LogP contribution in [0.3, 0.4) is 0 Å². The van der Waals surface area contributed by atoms with Gasteiger partial charge in [0.15, 0.2) is 5.96 Å². The molecule has 3 aromatic rings. The molecule has 0 aliphatic heterocycles. The first-order valence-electron chi connectivity index (χ1n) is 8.34. The molecule has 0 bridgehead atoms. The van der Waals surface area contributed by atoms with Gasteiger partial charge in [0, 0.05) is 24.2 Å². The van der Waals surface area contributed by atoms with E-state index in [4.69, 9.17) is 16.0 Å². The number of aliphatic imine (C=N–C) groups is 1. The smallest absolute Gasteiger partial charge is 0.226 e. The Morgan fingerprint density at radius 2 is 1.88 bits per heavy atom. The molecular weight excluding hydrogens is 348 g/mol. The Balaban J connectivity index is 1.55. The summed E-state index contributed by atoms with van der Waals surface area (Å²) in [6, 6.07) is 15.8. The molecule has 0 spiro atoms. The number of aromatic nitrogens is 1. The van der Waals surface area contributed by atoms with Crippen molar-refractivity contribution in [2.24, 2.45) is 4.99 Å². The molecule has 0 amide bonds. The van der Waals surface area contributed by atoms with Crippen molar-refractivity contribution in [2.75, 3.05) is 7.05 Å². The molecule has 0 radical (unpaired) electrons. The first-order chi connectivity index (χ1) is 12.6. The number of oxazole rings is 1. The van der Waals surface area contributed by atoms with Crippen LogP contribution in [0.5, 0.6) is 0 Å². The van der Waals surface area contributed by atoms with Crippen LogP contribution in [0.4, 0.5) is 0 Å². The minimum atomic E-state index is 0.518. The molecule has 26 heavy (non-hydrogen) atoms. The number of guanidine groups is 1. The summed E-state index contributed by atoms with van der Waals surface area (Å²) in [4.78, 5) is 8.74. The molecule has 134 valence electrons. The van der Waals surface area contributed by atoms with E-state index in [2.05, 4.69) is 27.5 Å². The highest BCUT2D eigenvalue weighted by Crippen LogP contribution is 2.19. The van der Waals surface area contributed by atoms with Crippen LogP contribution in [0.1, 0.15) is 16.8 Å². The Labute approximate surface area is 158 Å². The van der Waals surface area contributed by atoms with Crippen LogP contribution in [0.15, 0.2) is 64.2 Å². The maximum atomic E-state index is 6.00. The molecule has 0 fully saturated rings. The van der Waals surface area contributed by atoms with Gasteiger partial charge in [-0.3, -0.25) is 4.99 Å². The van der Waals surface area contributed by atoms with Gasteiger partial charge in [0.2, 0.25) is 5.89 Å². The Hall–Kier alpha value is -2.79. The number of hydrogen-bond donors (Lipinski definition) is 2. The summed E-state index contributed by atoms with van der Waals surface area (Å²) in [6.07, 6.45) is 1.66. The minimum absolute atomic E-state index is 0.518. The van der Waals surface area contributed by atoms with Crippen molar-refractivity contribution >= 4 is 17.6 Å². The first kappa shape index (κ1) is 18.0. The molecule has 2 N–H and O–H groups in total. The number of rotatable bonds is 5. The zero-order valence-corrected chi connectivity index (χ0v) is 15.5. The van der Waals surface area contributed by atoms with E-state index >= 15 is 0 Å². The predicted molar refractivity (Wildman–Crippen MR) is 105 cm³/mol. The number of nitrogens with one attached hydrogen (secondary N) is 2. The highest BCUT2D eigenvalue weighted by Gasteiger charge is 2.07. The number of halogens is 1.